The lowest BCUT2D eigenvalue weighted by Crippen LogP contribution is -2.17. The van der Waals surface area contributed by atoms with Crippen LogP contribution in [0.2, 0.25) is 0 Å². The first-order chi connectivity index (χ1) is 10.0. The lowest BCUT2D eigenvalue weighted by atomic mass is 10.2. The molecule has 1 aromatic carbocycles. The third kappa shape index (κ3) is 3.24. The van der Waals surface area contributed by atoms with Gasteiger partial charge in [-0.3, -0.25) is 9.59 Å². The van der Waals surface area contributed by atoms with Gasteiger partial charge < -0.3 is 20.1 Å². The number of amides is 1. The molecule has 0 unspecified atom stereocenters. The van der Waals surface area contributed by atoms with Gasteiger partial charge in [0.2, 0.25) is 0 Å². The topological polar surface area (TPSA) is 121 Å². The van der Waals surface area contributed by atoms with Gasteiger partial charge in [-0.1, -0.05) is 0 Å². The van der Waals surface area contributed by atoms with Gasteiger partial charge in [-0.2, -0.15) is 0 Å². The zero-order valence-electron chi connectivity index (χ0n) is 10.9. The minimum Gasteiger partial charge on any atom is -0.495 e. The molecule has 0 aliphatic rings. The number of rotatable bonds is 4. The maximum Gasteiger partial charge on any atom is 0.335 e. The molecule has 21 heavy (non-hydrogen) atoms. The molecule has 8 heteroatoms. The molecule has 0 saturated carbocycles. The van der Waals surface area contributed by atoms with E-state index in [0.717, 1.165) is 12.4 Å². The maximum absolute atomic E-state index is 12.0. The summed E-state index contributed by atoms with van der Waals surface area (Å²) in [5.74, 6) is -1.43. The predicted octanol–water partition coefficient (Wildman–Crippen LogP) is 0.729. The van der Waals surface area contributed by atoms with Gasteiger partial charge in [0.05, 0.1) is 24.6 Å². The second-order valence-corrected chi connectivity index (χ2v) is 3.97. The number of H-pyrrole nitrogens is 1. The number of carbonyl (C=O) groups is 2. The lowest BCUT2D eigenvalue weighted by Gasteiger charge is -2.10. The SMILES string of the molecule is COc1ccc(C(=O)O)cc1NC(=O)c1c[nH]c(=O)cn1. The summed E-state index contributed by atoms with van der Waals surface area (Å²) < 4.78 is 5.05. The van der Waals surface area contributed by atoms with Crippen molar-refractivity contribution in [2.24, 2.45) is 0 Å². The first-order valence-electron chi connectivity index (χ1n) is 5.78. The lowest BCUT2D eigenvalue weighted by molar-refractivity contribution is 0.0696. The number of benzene rings is 1. The third-order valence-electron chi connectivity index (χ3n) is 2.60. The molecule has 0 spiro atoms. The summed E-state index contributed by atoms with van der Waals surface area (Å²) in [5.41, 5.74) is -0.259. The highest BCUT2D eigenvalue weighted by Gasteiger charge is 2.13. The molecule has 0 saturated heterocycles. The van der Waals surface area contributed by atoms with Crippen molar-refractivity contribution in [3.8, 4) is 5.75 Å². The van der Waals surface area contributed by atoms with Crippen molar-refractivity contribution in [1.29, 1.82) is 0 Å². The van der Waals surface area contributed by atoms with Crippen LogP contribution < -0.4 is 15.6 Å². The standard InChI is InChI=1S/C13H11N3O5/c1-21-10-3-2-7(13(19)20)4-8(10)16-12(18)9-5-15-11(17)6-14-9/h2-6H,1H3,(H,15,17)(H,16,18)(H,19,20). The summed E-state index contributed by atoms with van der Waals surface area (Å²) in [6.07, 6.45) is 2.13. The molecule has 0 fully saturated rings. The Morgan fingerprint density at radius 3 is 2.71 bits per heavy atom. The number of carboxylic acid groups (broad SMARTS) is 1. The Morgan fingerprint density at radius 1 is 1.38 bits per heavy atom. The average molecular weight is 289 g/mol. The molecule has 1 amide bonds. The Balaban J connectivity index is 2.31. The van der Waals surface area contributed by atoms with Crippen molar-refractivity contribution < 1.29 is 19.4 Å². The fourth-order valence-corrected chi connectivity index (χ4v) is 1.59. The van der Waals surface area contributed by atoms with Gasteiger partial charge in [-0.25, -0.2) is 9.78 Å². The molecule has 0 atom stereocenters. The van der Waals surface area contributed by atoms with E-state index in [1.165, 1.54) is 25.3 Å². The van der Waals surface area contributed by atoms with Crippen LogP contribution in [-0.2, 0) is 0 Å². The minimum absolute atomic E-state index is 0.000489. The Labute approximate surface area is 118 Å². The molecular weight excluding hydrogens is 278 g/mol. The highest BCUT2D eigenvalue weighted by Crippen LogP contribution is 2.25. The van der Waals surface area contributed by atoms with Crippen molar-refractivity contribution in [1.82, 2.24) is 9.97 Å². The molecule has 108 valence electrons. The fraction of sp³-hybridized carbons (Fsp3) is 0.0769. The van der Waals surface area contributed by atoms with Crippen LogP contribution in [0.25, 0.3) is 0 Å². The van der Waals surface area contributed by atoms with Gasteiger partial charge in [0.1, 0.15) is 11.4 Å². The van der Waals surface area contributed by atoms with Crippen LogP contribution in [0, 0.1) is 0 Å². The van der Waals surface area contributed by atoms with E-state index in [-0.39, 0.29) is 16.9 Å². The van der Waals surface area contributed by atoms with Crippen LogP contribution in [-0.4, -0.2) is 34.1 Å². The molecule has 8 nitrogen and oxygen atoms in total. The van der Waals surface area contributed by atoms with Crippen molar-refractivity contribution in [3.05, 3.63) is 52.2 Å². The Bertz CT molecular complexity index is 733. The van der Waals surface area contributed by atoms with E-state index < -0.39 is 17.4 Å². The highest BCUT2D eigenvalue weighted by atomic mass is 16.5. The number of aromatic nitrogens is 2. The van der Waals surface area contributed by atoms with Gasteiger partial charge in [0, 0.05) is 6.20 Å². The van der Waals surface area contributed by atoms with Crippen LogP contribution in [0.5, 0.6) is 5.75 Å². The summed E-state index contributed by atoms with van der Waals surface area (Å²) in [5, 5.41) is 11.4. The first-order valence-corrected chi connectivity index (χ1v) is 5.78. The van der Waals surface area contributed by atoms with E-state index in [4.69, 9.17) is 9.84 Å². The summed E-state index contributed by atoms with van der Waals surface area (Å²) in [7, 11) is 1.39. The molecular formula is C13H11N3O5. The van der Waals surface area contributed by atoms with E-state index in [1.54, 1.807) is 0 Å². The van der Waals surface area contributed by atoms with E-state index in [0.29, 0.717) is 5.75 Å². The van der Waals surface area contributed by atoms with E-state index >= 15 is 0 Å². The maximum atomic E-state index is 12.0. The number of aromatic amines is 1. The normalized spacial score (nSPS) is 9.95. The van der Waals surface area contributed by atoms with E-state index in [1.807, 2.05) is 0 Å². The van der Waals surface area contributed by atoms with Crippen molar-refractivity contribution >= 4 is 17.6 Å². The quantitative estimate of drug-likeness (QED) is 0.762. The zero-order chi connectivity index (χ0) is 15.4. The number of carbonyl (C=O) groups excluding carboxylic acids is 1. The molecule has 2 aromatic rings. The minimum atomic E-state index is -1.13. The largest absolute Gasteiger partial charge is 0.495 e. The van der Waals surface area contributed by atoms with Gasteiger partial charge in [0.25, 0.3) is 11.5 Å². The van der Waals surface area contributed by atoms with Gasteiger partial charge in [-0.05, 0) is 18.2 Å². The number of anilines is 1. The molecule has 1 heterocycles. The van der Waals surface area contributed by atoms with Crippen LogP contribution in [0.3, 0.4) is 0 Å². The molecule has 0 aliphatic carbocycles. The number of carboxylic acids is 1. The highest BCUT2D eigenvalue weighted by molar-refractivity contribution is 6.04. The molecule has 3 N–H and O–H groups in total. The van der Waals surface area contributed by atoms with Crippen LogP contribution >= 0.6 is 0 Å². The summed E-state index contributed by atoms with van der Waals surface area (Å²) in [4.78, 5) is 39.8. The number of ether oxygens (including phenoxy) is 1. The van der Waals surface area contributed by atoms with E-state index in [2.05, 4.69) is 15.3 Å². The summed E-state index contributed by atoms with van der Waals surface area (Å²) >= 11 is 0. The van der Waals surface area contributed by atoms with Gasteiger partial charge >= 0.3 is 5.97 Å². The average Bonchev–Trinajstić information content (AvgIpc) is 2.47. The molecule has 0 aliphatic heterocycles. The molecule has 2 rings (SSSR count). The molecule has 1 aromatic heterocycles. The number of aromatic carboxylic acids is 1. The smallest absolute Gasteiger partial charge is 0.335 e. The fourth-order valence-electron chi connectivity index (χ4n) is 1.59. The Morgan fingerprint density at radius 2 is 2.14 bits per heavy atom. The third-order valence-corrected chi connectivity index (χ3v) is 2.60. The van der Waals surface area contributed by atoms with Crippen LogP contribution in [0.1, 0.15) is 20.8 Å². The van der Waals surface area contributed by atoms with Gasteiger partial charge in [-0.15, -0.1) is 0 Å². The Kier molecular flexibility index (Phi) is 3.98. The predicted molar refractivity (Wildman–Crippen MR) is 72.8 cm³/mol. The van der Waals surface area contributed by atoms with Crippen LogP contribution in [0.15, 0.2) is 35.4 Å². The van der Waals surface area contributed by atoms with E-state index in [9.17, 15) is 14.4 Å². The van der Waals surface area contributed by atoms with Crippen molar-refractivity contribution in [3.63, 3.8) is 0 Å². The Hall–Kier alpha value is -3.16. The monoisotopic (exact) mass is 289 g/mol. The molecule has 0 radical (unpaired) electrons. The second-order valence-electron chi connectivity index (χ2n) is 3.97. The van der Waals surface area contributed by atoms with Crippen LogP contribution in [0.4, 0.5) is 5.69 Å². The number of nitrogens with one attached hydrogen (secondary N) is 2. The second kappa shape index (κ2) is 5.87. The first kappa shape index (κ1) is 14.3. The number of hydrogen-bond donors (Lipinski definition) is 3. The zero-order valence-corrected chi connectivity index (χ0v) is 10.9. The van der Waals surface area contributed by atoms with Crippen molar-refractivity contribution in [2.75, 3.05) is 12.4 Å². The number of nitrogens with zero attached hydrogens (tertiary/aromatic N) is 1. The van der Waals surface area contributed by atoms with Gasteiger partial charge in [0.15, 0.2) is 0 Å². The number of methoxy groups -OCH3 is 1. The molecule has 0 bridgehead atoms. The number of hydrogen-bond acceptors (Lipinski definition) is 5. The van der Waals surface area contributed by atoms with Crippen molar-refractivity contribution in [2.45, 2.75) is 0 Å². The summed E-state index contributed by atoms with van der Waals surface area (Å²) in [6.45, 7) is 0. The summed E-state index contributed by atoms with van der Waals surface area (Å²) in [6, 6.07) is 4.05.